The van der Waals surface area contributed by atoms with Gasteiger partial charge in [-0.25, -0.2) is 0 Å². The molecule has 1 nitrogen and oxygen atoms in total. The van der Waals surface area contributed by atoms with Gasteiger partial charge in [0.15, 0.2) is 0 Å². The van der Waals surface area contributed by atoms with Crippen molar-refractivity contribution in [3.05, 3.63) is 140 Å². The highest BCUT2D eigenvalue weighted by atomic mass is 32.1. The van der Waals surface area contributed by atoms with Crippen molar-refractivity contribution in [1.29, 1.82) is 0 Å². The minimum absolute atomic E-state index is 1.19. The molecular weight excluding hydrogens is 527 g/mol. The summed E-state index contributed by atoms with van der Waals surface area (Å²) in [5.74, 6) is 0. The maximum atomic E-state index is 2.44. The first-order valence-corrected chi connectivity index (χ1v) is 15.3. The maximum Gasteiger partial charge on any atom is 0.0541 e. The van der Waals surface area contributed by atoms with Gasteiger partial charge in [-0.1, -0.05) is 97.1 Å². The number of benzene rings is 7. The number of rotatable bonds is 2. The van der Waals surface area contributed by atoms with Crippen molar-refractivity contribution in [2.24, 2.45) is 0 Å². The van der Waals surface area contributed by atoms with Gasteiger partial charge in [0.2, 0.25) is 0 Å². The standard InChI is InChI=1S/C40H23NS/c1-2-9-26(10-3-1)41-36-16-7-6-13-29(36)33-21-24(18-20-37(33)41)25-17-19-30-35-23-34-28-12-5-4-11-27(28)31-14-8-15-32(39(31)34)40(35)42-38(30)22-25/h1-23H. The second-order valence-corrected chi connectivity index (χ2v) is 12.4. The number of para-hydroxylation sites is 2. The first-order chi connectivity index (χ1) is 20.8. The third kappa shape index (κ3) is 2.92. The molecule has 2 aromatic heterocycles. The van der Waals surface area contributed by atoms with E-state index in [9.17, 15) is 0 Å². The van der Waals surface area contributed by atoms with Gasteiger partial charge in [-0.3, -0.25) is 0 Å². The zero-order valence-electron chi connectivity index (χ0n) is 22.6. The van der Waals surface area contributed by atoms with Gasteiger partial charge < -0.3 is 4.57 Å². The van der Waals surface area contributed by atoms with E-state index in [0.29, 0.717) is 0 Å². The van der Waals surface area contributed by atoms with Gasteiger partial charge in [-0.15, -0.1) is 11.3 Å². The van der Waals surface area contributed by atoms with Crippen LogP contribution in [0.1, 0.15) is 0 Å². The number of hydrogen-bond acceptors (Lipinski definition) is 1. The maximum absolute atomic E-state index is 2.44. The SMILES string of the molecule is c1ccc(-n2c3ccccc3c3cc(-c4ccc5c(c4)sc4c6cccc7c6c(cc54)-c4ccccc4-7)ccc32)cc1. The summed E-state index contributed by atoms with van der Waals surface area (Å²) in [6, 6.07) is 51.5. The summed E-state index contributed by atoms with van der Waals surface area (Å²) >= 11 is 1.93. The van der Waals surface area contributed by atoms with Crippen molar-refractivity contribution in [2.45, 2.75) is 0 Å². The molecule has 1 aliphatic rings. The van der Waals surface area contributed by atoms with Crippen molar-refractivity contribution in [2.75, 3.05) is 0 Å². The molecule has 0 fully saturated rings. The zero-order chi connectivity index (χ0) is 27.4. The van der Waals surface area contributed by atoms with Crippen molar-refractivity contribution in [3.63, 3.8) is 0 Å². The summed E-state index contributed by atoms with van der Waals surface area (Å²) in [6.45, 7) is 0. The molecule has 0 amide bonds. The van der Waals surface area contributed by atoms with Crippen LogP contribution in [-0.4, -0.2) is 4.57 Å². The Labute approximate surface area is 246 Å². The topological polar surface area (TPSA) is 4.93 Å². The highest BCUT2D eigenvalue weighted by molar-refractivity contribution is 7.26. The number of fused-ring (bicyclic) bond motifs is 10. The smallest absolute Gasteiger partial charge is 0.0541 e. The largest absolute Gasteiger partial charge is 0.309 e. The van der Waals surface area contributed by atoms with Crippen LogP contribution in [0.15, 0.2) is 140 Å². The predicted octanol–water partition coefficient (Wildman–Crippen LogP) is 11.6. The van der Waals surface area contributed by atoms with Gasteiger partial charge in [0.1, 0.15) is 0 Å². The number of nitrogens with zero attached hydrogens (tertiary/aromatic N) is 1. The van der Waals surface area contributed by atoms with E-state index in [1.807, 2.05) is 11.3 Å². The molecule has 0 aliphatic heterocycles. The molecule has 7 aromatic carbocycles. The average Bonchev–Trinajstić information content (AvgIpc) is 3.70. The van der Waals surface area contributed by atoms with Crippen LogP contribution in [0, 0.1) is 0 Å². The van der Waals surface area contributed by atoms with E-state index in [2.05, 4.69) is 144 Å². The fourth-order valence-corrected chi connectivity index (χ4v) is 8.54. The minimum Gasteiger partial charge on any atom is -0.309 e. The van der Waals surface area contributed by atoms with Crippen LogP contribution in [-0.2, 0) is 0 Å². The van der Waals surface area contributed by atoms with Crippen molar-refractivity contribution < 1.29 is 0 Å². The highest BCUT2D eigenvalue weighted by Crippen LogP contribution is 2.52. The van der Waals surface area contributed by atoms with Crippen LogP contribution in [0.4, 0.5) is 0 Å². The van der Waals surface area contributed by atoms with Crippen molar-refractivity contribution in [3.8, 4) is 39.1 Å². The Morgan fingerprint density at radius 3 is 2.00 bits per heavy atom. The van der Waals surface area contributed by atoms with Gasteiger partial charge in [-0.05, 0) is 81.2 Å². The molecule has 2 heterocycles. The van der Waals surface area contributed by atoms with Gasteiger partial charge in [-0.2, -0.15) is 0 Å². The lowest BCUT2D eigenvalue weighted by molar-refractivity contribution is 1.18. The molecule has 0 spiro atoms. The Morgan fingerprint density at radius 1 is 0.405 bits per heavy atom. The second-order valence-electron chi connectivity index (χ2n) is 11.3. The van der Waals surface area contributed by atoms with E-state index >= 15 is 0 Å². The molecule has 0 atom stereocenters. The Bertz CT molecular complexity index is 2560. The first kappa shape index (κ1) is 22.5. The van der Waals surface area contributed by atoms with E-state index in [1.165, 1.54) is 91.8 Å². The van der Waals surface area contributed by atoms with E-state index in [4.69, 9.17) is 0 Å². The fourth-order valence-electron chi connectivity index (χ4n) is 7.29. The monoisotopic (exact) mass is 549 g/mol. The summed E-state index contributed by atoms with van der Waals surface area (Å²) < 4.78 is 5.10. The Hall–Kier alpha value is -5.18. The second kappa shape index (κ2) is 8.19. The van der Waals surface area contributed by atoms with Gasteiger partial charge in [0.05, 0.1) is 11.0 Å². The zero-order valence-corrected chi connectivity index (χ0v) is 23.5. The quantitative estimate of drug-likeness (QED) is 0.202. The molecule has 9 aromatic rings. The van der Waals surface area contributed by atoms with Crippen LogP contribution in [0.2, 0.25) is 0 Å². The van der Waals surface area contributed by atoms with E-state index in [1.54, 1.807) is 0 Å². The lowest BCUT2D eigenvalue weighted by Gasteiger charge is -2.08. The lowest BCUT2D eigenvalue weighted by Crippen LogP contribution is -1.92. The molecule has 0 saturated heterocycles. The molecule has 2 heteroatoms. The summed E-state index contributed by atoms with van der Waals surface area (Å²) in [5, 5.41) is 8.04. The van der Waals surface area contributed by atoms with E-state index in [-0.39, 0.29) is 0 Å². The van der Waals surface area contributed by atoms with E-state index in [0.717, 1.165) is 0 Å². The summed E-state index contributed by atoms with van der Waals surface area (Å²) in [5.41, 5.74) is 11.6. The Kier molecular flexibility index (Phi) is 4.39. The summed E-state index contributed by atoms with van der Waals surface area (Å²) in [4.78, 5) is 0. The lowest BCUT2D eigenvalue weighted by atomic mass is 9.98. The molecule has 1 aliphatic carbocycles. The molecule has 10 rings (SSSR count). The van der Waals surface area contributed by atoms with Crippen LogP contribution < -0.4 is 0 Å². The highest BCUT2D eigenvalue weighted by Gasteiger charge is 2.23. The molecule has 0 unspecified atom stereocenters. The van der Waals surface area contributed by atoms with Gasteiger partial charge in [0.25, 0.3) is 0 Å². The molecule has 42 heavy (non-hydrogen) atoms. The molecule has 0 bridgehead atoms. The number of hydrogen-bond donors (Lipinski definition) is 0. The molecular formula is C40H23NS. The van der Waals surface area contributed by atoms with Crippen LogP contribution in [0.3, 0.4) is 0 Å². The number of thiophene rings is 1. The van der Waals surface area contributed by atoms with Gasteiger partial charge in [0, 0.05) is 42.0 Å². The molecule has 0 saturated carbocycles. The number of aromatic nitrogens is 1. The average molecular weight is 550 g/mol. The van der Waals surface area contributed by atoms with E-state index < -0.39 is 0 Å². The predicted molar refractivity (Wildman–Crippen MR) is 181 cm³/mol. The first-order valence-electron chi connectivity index (χ1n) is 14.4. The normalized spacial score (nSPS) is 12.3. The van der Waals surface area contributed by atoms with Crippen LogP contribution in [0.25, 0.3) is 91.8 Å². The van der Waals surface area contributed by atoms with Crippen molar-refractivity contribution in [1.82, 2.24) is 4.57 Å². The van der Waals surface area contributed by atoms with Crippen LogP contribution >= 0.6 is 11.3 Å². The third-order valence-electron chi connectivity index (χ3n) is 9.12. The summed E-state index contributed by atoms with van der Waals surface area (Å²) in [7, 11) is 0. The molecule has 0 radical (unpaired) electrons. The summed E-state index contributed by atoms with van der Waals surface area (Å²) in [6.07, 6.45) is 0. The minimum atomic E-state index is 1.19. The Balaban J connectivity index is 1.18. The molecule has 194 valence electrons. The van der Waals surface area contributed by atoms with Gasteiger partial charge >= 0.3 is 0 Å². The third-order valence-corrected chi connectivity index (χ3v) is 10.3. The van der Waals surface area contributed by atoms with Crippen molar-refractivity contribution >= 4 is 64.1 Å². The Morgan fingerprint density at radius 2 is 1.10 bits per heavy atom. The molecule has 0 N–H and O–H groups in total. The van der Waals surface area contributed by atoms with Crippen LogP contribution in [0.5, 0.6) is 0 Å². The fraction of sp³-hybridized carbons (Fsp3) is 0.